The van der Waals surface area contributed by atoms with Crippen molar-refractivity contribution in [3.05, 3.63) is 48.0 Å². The molecule has 2 aromatic rings. The SMILES string of the molecule is COc1ccc(-c2cccc(C(=O)NC3CN4CCC3CC4)c2)c(OC)c1. The van der Waals surface area contributed by atoms with Gasteiger partial charge in [-0.05, 0) is 61.7 Å². The number of nitrogens with zero attached hydrogens (tertiary/aromatic N) is 1. The molecule has 3 fully saturated rings. The highest BCUT2D eigenvalue weighted by Crippen LogP contribution is 2.34. The smallest absolute Gasteiger partial charge is 0.251 e. The topological polar surface area (TPSA) is 50.8 Å². The average Bonchev–Trinajstić information content (AvgIpc) is 2.74. The molecule has 0 aliphatic carbocycles. The van der Waals surface area contributed by atoms with Gasteiger partial charge >= 0.3 is 0 Å². The summed E-state index contributed by atoms with van der Waals surface area (Å²) in [7, 11) is 3.27. The molecule has 142 valence electrons. The summed E-state index contributed by atoms with van der Waals surface area (Å²) in [5.74, 6) is 2.09. The lowest BCUT2D eigenvalue weighted by Gasteiger charge is -2.44. The molecule has 2 bridgehead atoms. The number of ether oxygens (including phenoxy) is 2. The van der Waals surface area contributed by atoms with Gasteiger partial charge in [0.1, 0.15) is 11.5 Å². The number of piperidine rings is 3. The Hall–Kier alpha value is -2.53. The van der Waals surface area contributed by atoms with Crippen molar-refractivity contribution in [2.75, 3.05) is 33.9 Å². The third-order valence-corrected chi connectivity index (χ3v) is 5.82. The fourth-order valence-electron chi connectivity index (χ4n) is 4.25. The van der Waals surface area contributed by atoms with Gasteiger partial charge in [0.15, 0.2) is 0 Å². The van der Waals surface area contributed by atoms with E-state index in [0.29, 0.717) is 11.5 Å². The second kappa shape index (κ2) is 7.61. The van der Waals surface area contributed by atoms with E-state index in [0.717, 1.165) is 29.2 Å². The Kier molecular flexibility index (Phi) is 5.03. The fourth-order valence-corrected chi connectivity index (χ4v) is 4.25. The van der Waals surface area contributed by atoms with Gasteiger partial charge in [-0.1, -0.05) is 12.1 Å². The maximum absolute atomic E-state index is 12.8. The van der Waals surface area contributed by atoms with E-state index in [9.17, 15) is 4.79 Å². The molecule has 3 heterocycles. The summed E-state index contributed by atoms with van der Waals surface area (Å²) >= 11 is 0. The molecule has 5 heteroatoms. The number of carbonyl (C=O) groups excluding carboxylic acids is 1. The zero-order valence-electron chi connectivity index (χ0n) is 15.9. The lowest BCUT2D eigenvalue weighted by Crippen LogP contribution is -2.57. The maximum atomic E-state index is 12.8. The van der Waals surface area contributed by atoms with Crippen LogP contribution in [0.2, 0.25) is 0 Å². The number of nitrogens with one attached hydrogen (secondary N) is 1. The van der Waals surface area contributed by atoms with Crippen molar-refractivity contribution < 1.29 is 14.3 Å². The molecule has 2 aromatic carbocycles. The van der Waals surface area contributed by atoms with Crippen molar-refractivity contribution in [1.82, 2.24) is 10.2 Å². The van der Waals surface area contributed by atoms with Gasteiger partial charge in [0.05, 0.1) is 14.2 Å². The molecule has 5 rings (SSSR count). The van der Waals surface area contributed by atoms with E-state index in [1.807, 2.05) is 42.5 Å². The number of hydrogen-bond donors (Lipinski definition) is 1. The highest BCUT2D eigenvalue weighted by atomic mass is 16.5. The van der Waals surface area contributed by atoms with Crippen LogP contribution in [-0.4, -0.2) is 50.7 Å². The average molecular weight is 366 g/mol. The van der Waals surface area contributed by atoms with E-state index < -0.39 is 0 Å². The number of amides is 1. The molecule has 0 aromatic heterocycles. The Bertz CT molecular complexity index is 828. The van der Waals surface area contributed by atoms with Crippen LogP contribution < -0.4 is 14.8 Å². The Labute approximate surface area is 160 Å². The Morgan fingerprint density at radius 3 is 2.56 bits per heavy atom. The van der Waals surface area contributed by atoms with Crippen LogP contribution in [0, 0.1) is 5.92 Å². The van der Waals surface area contributed by atoms with Gasteiger partial charge in [-0.15, -0.1) is 0 Å². The molecule has 1 atom stereocenters. The largest absolute Gasteiger partial charge is 0.497 e. The van der Waals surface area contributed by atoms with E-state index in [-0.39, 0.29) is 11.9 Å². The van der Waals surface area contributed by atoms with E-state index in [4.69, 9.17) is 9.47 Å². The molecule has 0 radical (unpaired) electrons. The second-order valence-electron chi connectivity index (χ2n) is 7.37. The van der Waals surface area contributed by atoms with Crippen LogP contribution in [0.1, 0.15) is 23.2 Å². The first-order valence-electron chi connectivity index (χ1n) is 9.53. The summed E-state index contributed by atoms with van der Waals surface area (Å²) in [6, 6.07) is 13.7. The molecule has 1 amide bonds. The minimum Gasteiger partial charge on any atom is -0.497 e. The van der Waals surface area contributed by atoms with Crippen LogP contribution in [0.25, 0.3) is 11.1 Å². The van der Waals surface area contributed by atoms with Crippen LogP contribution in [0.5, 0.6) is 11.5 Å². The summed E-state index contributed by atoms with van der Waals surface area (Å²) in [6.07, 6.45) is 2.38. The van der Waals surface area contributed by atoms with Crippen LogP contribution in [-0.2, 0) is 0 Å². The minimum atomic E-state index is 0.00285. The second-order valence-corrected chi connectivity index (χ2v) is 7.37. The lowest BCUT2D eigenvalue weighted by molar-refractivity contribution is 0.0620. The van der Waals surface area contributed by atoms with Crippen molar-refractivity contribution in [3.63, 3.8) is 0 Å². The molecule has 3 saturated heterocycles. The first-order chi connectivity index (χ1) is 13.2. The number of hydrogen-bond acceptors (Lipinski definition) is 4. The first kappa shape index (κ1) is 17.9. The highest BCUT2D eigenvalue weighted by molar-refractivity contribution is 5.96. The Morgan fingerprint density at radius 1 is 1.07 bits per heavy atom. The minimum absolute atomic E-state index is 0.00285. The van der Waals surface area contributed by atoms with E-state index in [1.54, 1.807) is 14.2 Å². The molecular formula is C22H26N2O3. The molecule has 5 nitrogen and oxygen atoms in total. The van der Waals surface area contributed by atoms with E-state index in [1.165, 1.54) is 25.9 Å². The fraction of sp³-hybridized carbons (Fsp3) is 0.409. The molecule has 0 spiro atoms. The predicted molar refractivity (Wildman–Crippen MR) is 105 cm³/mol. The van der Waals surface area contributed by atoms with E-state index in [2.05, 4.69) is 10.2 Å². The zero-order chi connectivity index (χ0) is 18.8. The van der Waals surface area contributed by atoms with Crippen molar-refractivity contribution in [2.45, 2.75) is 18.9 Å². The molecule has 3 aliphatic rings. The molecule has 27 heavy (non-hydrogen) atoms. The summed E-state index contributed by atoms with van der Waals surface area (Å²) < 4.78 is 10.8. The van der Waals surface area contributed by atoms with Gasteiger partial charge < -0.3 is 19.7 Å². The Balaban J connectivity index is 1.55. The van der Waals surface area contributed by atoms with Gasteiger partial charge in [-0.2, -0.15) is 0 Å². The number of carbonyl (C=O) groups is 1. The lowest BCUT2D eigenvalue weighted by atomic mass is 9.84. The summed E-state index contributed by atoms with van der Waals surface area (Å²) in [6.45, 7) is 3.32. The third-order valence-electron chi connectivity index (χ3n) is 5.82. The van der Waals surface area contributed by atoms with Gasteiger partial charge in [-0.25, -0.2) is 0 Å². The maximum Gasteiger partial charge on any atom is 0.251 e. The summed E-state index contributed by atoms with van der Waals surface area (Å²) in [5, 5.41) is 3.26. The van der Waals surface area contributed by atoms with Gasteiger partial charge in [0, 0.05) is 29.8 Å². The molecule has 3 aliphatic heterocycles. The molecular weight excluding hydrogens is 340 g/mol. The molecule has 1 N–H and O–H groups in total. The number of fused-ring (bicyclic) bond motifs is 3. The quantitative estimate of drug-likeness (QED) is 0.883. The normalized spacial score (nSPS) is 23.7. The van der Waals surface area contributed by atoms with Gasteiger partial charge in [0.25, 0.3) is 5.91 Å². The van der Waals surface area contributed by atoms with Crippen molar-refractivity contribution in [2.24, 2.45) is 5.92 Å². The number of rotatable bonds is 5. The standard InChI is InChI=1S/C22H26N2O3/c1-26-18-6-7-19(21(13-18)27-2)16-4-3-5-17(12-16)22(25)23-20-14-24-10-8-15(20)9-11-24/h3-7,12-13,15,20H,8-11,14H2,1-2H3,(H,23,25). The van der Waals surface area contributed by atoms with Crippen molar-refractivity contribution in [1.29, 1.82) is 0 Å². The third kappa shape index (κ3) is 3.65. The van der Waals surface area contributed by atoms with Crippen LogP contribution in [0.15, 0.2) is 42.5 Å². The van der Waals surface area contributed by atoms with Gasteiger partial charge in [0.2, 0.25) is 0 Å². The predicted octanol–water partition coefficient (Wildman–Crippen LogP) is 3.19. The monoisotopic (exact) mass is 366 g/mol. The number of benzene rings is 2. The van der Waals surface area contributed by atoms with Crippen molar-refractivity contribution in [3.8, 4) is 22.6 Å². The zero-order valence-corrected chi connectivity index (χ0v) is 15.9. The molecule has 0 saturated carbocycles. The van der Waals surface area contributed by atoms with Crippen LogP contribution >= 0.6 is 0 Å². The van der Waals surface area contributed by atoms with E-state index >= 15 is 0 Å². The first-order valence-corrected chi connectivity index (χ1v) is 9.53. The summed E-state index contributed by atoms with van der Waals surface area (Å²) in [5.41, 5.74) is 2.58. The number of methoxy groups -OCH3 is 2. The van der Waals surface area contributed by atoms with Crippen LogP contribution in [0.4, 0.5) is 0 Å². The van der Waals surface area contributed by atoms with Crippen LogP contribution in [0.3, 0.4) is 0 Å². The van der Waals surface area contributed by atoms with Crippen molar-refractivity contribution >= 4 is 5.91 Å². The molecule has 1 unspecified atom stereocenters. The summed E-state index contributed by atoms with van der Waals surface area (Å²) in [4.78, 5) is 15.3. The van der Waals surface area contributed by atoms with Gasteiger partial charge in [-0.3, -0.25) is 4.79 Å². The Morgan fingerprint density at radius 2 is 1.89 bits per heavy atom. The highest BCUT2D eigenvalue weighted by Gasteiger charge is 2.34.